The molecule has 2 rings (SSSR count). The normalized spacial score (nSPS) is 20.4. The Morgan fingerprint density at radius 2 is 2.06 bits per heavy atom. The third kappa shape index (κ3) is 3.18. The first-order valence-electron chi connectivity index (χ1n) is 5.55. The van der Waals surface area contributed by atoms with E-state index >= 15 is 0 Å². The van der Waals surface area contributed by atoms with Crippen molar-refractivity contribution in [2.75, 3.05) is 11.9 Å². The van der Waals surface area contributed by atoms with E-state index in [9.17, 15) is 4.79 Å². The average Bonchev–Trinajstić information content (AvgIpc) is 2.33. The molecule has 1 heterocycles. The van der Waals surface area contributed by atoms with Gasteiger partial charge in [-0.15, -0.1) is 0 Å². The molecule has 3 nitrogen and oxygen atoms in total. The minimum atomic E-state index is -0.0203. The largest absolute Gasteiger partial charge is 0.325 e. The lowest BCUT2D eigenvalue weighted by atomic mass is 10.0. The lowest BCUT2D eigenvalue weighted by Gasteiger charge is -2.22. The maximum Gasteiger partial charge on any atom is 0.241 e. The van der Waals surface area contributed by atoms with E-state index in [-0.39, 0.29) is 11.9 Å². The van der Waals surface area contributed by atoms with Crippen LogP contribution in [0.5, 0.6) is 0 Å². The number of carbonyl (C=O) groups excluding carboxylic acids is 1. The van der Waals surface area contributed by atoms with Crippen molar-refractivity contribution in [1.29, 1.82) is 0 Å². The minimum Gasteiger partial charge on any atom is -0.325 e. The molecule has 0 aliphatic carbocycles. The molecule has 86 valence electrons. The third-order valence-corrected chi connectivity index (χ3v) is 3.46. The van der Waals surface area contributed by atoms with Crippen molar-refractivity contribution in [3.63, 3.8) is 0 Å². The van der Waals surface area contributed by atoms with Crippen LogP contribution in [-0.4, -0.2) is 18.5 Å². The molecule has 16 heavy (non-hydrogen) atoms. The van der Waals surface area contributed by atoms with Gasteiger partial charge in [0.15, 0.2) is 0 Å². The Morgan fingerprint density at radius 1 is 1.31 bits per heavy atom. The van der Waals surface area contributed by atoms with Gasteiger partial charge in [0.25, 0.3) is 0 Å². The molecule has 2 N–H and O–H groups in total. The number of rotatable bonds is 2. The third-order valence-electron chi connectivity index (χ3n) is 2.74. The van der Waals surface area contributed by atoms with Crippen molar-refractivity contribution in [2.45, 2.75) is 25.3 Å². The second kappa shape index (κ2) is 5.63. The van der Waals surface area contributed by atoms with E-state index in [1.165, 1.54) is 9.99 Å². The maximum absolute atomic E-state index is 11.9. The summed E-state index contributed by atoms with van der Waals surface area (Å²) < 4.78 is 1.17. The van der Waals surface area contributed by atoms with E-state index in [0.29, 0.717) is 0 Å². The van der Waals surface area contributed by atoms with Crippen LogP contribution in [0, 0.1) is 3.57 Å². The second-order valence-corrected chi connectivity index (χ2v) is 5.24. The molecule has 1 aromatic carbocycles. The number of hydrogen-bond donors (Lipinski definition) is 2. The molecule has 1 aliphatic heterocycles. The van der Waals surface area contributed by atoms with Crippen LogP contribution in [0.3, 0.4) is 0 Å². The van der Waals surface area contributed by atoms with Gasteiger partial charge in [0.05, 0.1) is 6.04 Å². The highest BCUT2D eigenvalue weighted by Gasteiger charge is 2.20. The Balaban J connectivity index is 1.93. The van der Waals surface area contributed by atoms with Gasteiger partial charge >= 0.3 is 0 Å². The lowest BCUT2D eigenvalue weighted by molar-refractivity contribution is -0.118. The Bertz CT molecular complexity index is 358. The van der Waals surface area contributed by atoms with Crippen molar-refractivity contribution in [2.24, 2.45) is 0 Å². The van der Waals surface area contributed by atoms with E-state index < -0.39 is 0 Å². The highest BCUT2D eigenvalue weighted by molar-refractivity contribution is 14.1. The molecule has 0 bridgehead atoms. The standard InChI is InChI=1S/C12H15IN2O/c13-9-4-6-10(7-5-9)15-12(16)11-3-1-2-8-14-11/h4-7,11,14H,1-3,8H2,(H,15,16)/t11-/m0/s1. The summed E-state index contributed by atoms with van der Waals surface area (Å²) in [4.78, 5) is 11.9. The zero-order valence-electron chi connectivity index (χ0n) is 9.00. The van der Waals surface area contributed by atoms with Crippen LogP contribution in [0.1, 0.15) is 19.3 Å². The Hall–Kier alpha value is -0.620. The van der Waals surface area contributed by atoms with Crippen LogP contribution in [0.4, 0.5) is 5.69 Å². The highest BCUT2D eigenvalue weighted by atomic mass is 127. The van der Waals surface area contributed by atoms with Gasteiger partial charge in [0.2, 0.25) is 5.91 Å². The fraction of sp³-hybridized carbons (Fsp3) is 0.417. The summed E-state index contributed by atoms with van der Waals surface area (Å²) in [5.41, 5.74) is 0.873. The van der Waals surface area contributed by atoms with Crippen LogP contribution < -0.4 is 10.6 Å². The molecule has 0 radical (unpaired) electrons. The fourth-order valence-electron chi connectivity index (χ4n) is 1.84. The van der Waals surface area contributed by atoms with Gasteiger partial charge in [-0.05, 0) is 66.2 Å². The quantitative estimate of drug-likeness (QED) is 0.818. The fourth-order valence-corrected chi connectivity index (χ4v) is 2.20. The van der Waals surface area contributed by atoms with Crippen LogP contribution in [-0.2, 0) is 4.79 Å². The number of amides is 1. The lowest BCUT2D eigenvalue weighted by Crippen LogP contribution is -2.43. The molecule has 1 amide bonds. The van der Waals surface area contributed by atoms with E-state index in [0.717, 1.165) is 25.1 Å². The van der Waals surface area contributed by atoms with Crippen molar-refractivity contribution in [3.05, 3.63) is 27.8 Å². The first-order chi connectivity index (χ1) is 7.75. The van der Waals surface area contributed by atoms with Gasteiger partial charge in [-0.1, -0.05) is 6.42 Å². The van der Waals surface area contributed by atoms with Gasteiger partial charge in [-0.2, -0.15) is 0 Å². The molecule has 0 saturated carbocycles. The topological polar surface area (TPSA) is 41.1 Å². The average molecular weight is 330 g/mol. The Labute approximate surface area is 109 Å². The van der Waals surface area contributed by atoms with E-state index in [1.807, 2.05) is 24.3 Å². The summed E-state index contributed by atoms with van der Waals surface area (Å²) in [6.45, 7) is 0.949. The van der Waals surface area contributed by atoms with Gasteiger partial charge in [0, 0.05) is 9.26 Å². The van der Waals surface area contributed by atoms with Crippen LogP contribution >= 0.6 is 22.6 Å². The number of halogens is 1. The number of benzene rings is 1. The summed E-state index contributed by atoms with van der Waals surface area (Å²) in [6, 6.07) is 7.83. The van der Waals surface area contributed by atoms with Crippen molar-refractivity contribution in [3.8, 4) is 0 Å². The van der Waals surface area contributed by atoms with Crippen LogP contribution in [0.25, 0.3) is 0 Å². The molecule has 1 aromatic rings. The Kier molecular flexibility index (Phi) is 4.17. The summed E-state index contributed by atoms with van der Waals surface area (Å²) in [6.07, 6.45) is 3.25. The highest BCUT2D eigenvalue weighted by Crippen LogP contribution is 2.13. The number of carbonyl (C=O) groups is 1. The van der Waals surface area contributed by atoms with Crippen LogP contribution in [0.2, 0.25) is 0 Å². The molecule has 0 aromatic heterocycles. The summed E-state index contributed by atoms with van der Waals surface area (Å²) in [5.74, 6) is 0.0842. The van der Waals surface area contributed by atoms with Crippen molar-refractivity contribution < 1.29 is 4.79 Å². The predicted molar refractivity (Wildman–Crippen MR) is 73.4 cm³/mol. The first-order valence-corrected chi connectivity index (χ1v) is 6.63. The number of nitrogens with one attached hydrogen (secondary N) is 2. The molecular formula is C12H15IN2O. The summed E-state index contributed by atoms with van der Waals surface area (Å²) in [7, 11) is 0. The number of piperidine rings is 1. The van der Waals surface area contributed by atoms with E-state index in [2.05, 4.69) is 33.2 Å². The van der Waals surface area contributed by atoms with E-state index in [1.54, 1.807) is 0 Å². The number of hydrogen-bond acceptors (Lipinski definition) is 2. The molecule has 0 unspecified atom stereocenters. The van der Waals surface area contributed by atoms with Crippen molar-refractivity contribution in [1.82, 2.24) is 5.32 Å². The molecular weight excluding hydrogens is 315 g/mol. The zero-order valence-corrected chi connectivity index (χ0v) is 11.2. The van der Waals surface area contributed by atoms with Gasteiger partial charge in [0.1, 0.15) is 0 Å². The Morgan fingerprint density at radius 3 is 2.69 bits per heavy atom. The molecule has 4 heteroatoms. The molecule has 1 aliphatic rings. The van der Waals surface area contributed by atoms with Gasteiger partial charge in [-0.25, -0.2) is 0 Å². The van der Waals surface area contributed by atoms with Gasteiger partial charge in [-0.3, -0.25) is 4.79 Å². The van der Waals surface area contributed by atoms with Gasteiger partial charge < -0.3 is 10.6 Å². The predicted octanol–water partition coefficient (Wildman–Crippen LogP) is 2.37. The monoisotopic (exact) mass is 330 g/mol. The molecule has 1 atom stereocenters. The SMILES string of the molecule is O=C(Nc1ccc(I)cc1)[C@@H]1CCCCN1. The minimum absolute atomic E-state index is 0.0203. The smallest absolute Gasteiger partial charge is 0.241 e. The number of anilines is 1. The maximum atomic E-state index is 11.9. The van der Waals surface area contributed by atoms with Crippen LogP contribution in [0.15, 0.2) is 24.3 Å². The second-order valence-electron chi connectivity index (χ2n) is 4.00. The molecule has 0 spiro atoms. The summed E-state index contributed by atoms with van der Waals surface area (Å²) >= 11 is 2.25. The zero-order chi connectivity index (χ0) is 11.4. The molecule has 1 fully saturated rings. The molecule has 1 saturated heterocycles. The summed E-state index contributed by atoms with van der Waals surface area (Å²) in [5, 5.41) is 6.17. The van der Waals surface area contributed by atoms with E-state index in [4.69, 9.17) is 0 Å². The first kappa shape index (κ1) is 11.9. The van der Waals surface area contributed by atoms with Crippen molar-refractivity contribution >= 4 is 34.2 Å².